The summed E-state index contributed by atoms with van der Waals surface area (Å²) in [7, 11) is 3.37. The number of benzene rings is 2. The van der Waals surface area contributed by atoms with Crippen LogP contribution in [0.3, 0.4) is 0 Å². The molecule has 0 unspecified atom stereocenters. The largest absolute Gasteiger partial charge is 0.360 e. The first-order valence-electron chi connectivity index (χ1n) is 10.5. The minimum atomic E-state index is -2.61. The van der Waals surface area contributed by atoms with Crippen molar-refractivity contribution >= 4 is 28.2 Å². The average Bonchev–Trinajstić information content (AvgIpc) is 3.43. The molecule has 3 heterocycles. The van der Waals surface area contributed by atoms with Crippen molar-refractivity contribution in [2.24, 2.45) is 7.05 Å². The van der Waals surface area contributed by atoms with E-state index in [9.17, 15) is 13.6 Å². The van der Waals surface area contributed by atoms with E-state index < -0.39 is 6.43 Å². The number of fused-ring (bicyclic) bond motifs is 2. The minimum Gasteiger partial charge on any atom is -0.360 e. The number of hydrogen-bond acceptors (Lipinski definition) is 3. The van der Waals surface area contributed by atoms with Gasteiger partial charge in [0.05, 0.1) is 11.8 Å². The summed E-state index contributed by atoms with van der Waals surface area (Å²) >= 11 is 0. The summed E-state index contributed by atoms with van der Waals surface area (Å²) < 4.78 is 29.8. The predicted octanol–water partition coefficient (Wildman–Crippen LogP) is 4.95. The Labute approximate surface area is 183 Å². The zero-order valence-electron chi connectivity index (χ0n) is 17.8. The van der Waals surface area contributed by atoms with E-state index in [1.807, 2.05) is 24.3 Å². The molecule has 2 aromatic heterocycles. The van der Waals surface area contributed by atoms with Crippen LogP contribution in [-0.4, -0.2) is 34.3 Å². The van der Waals surface area contributed by atoms with Gasteiger partial charge in [0.15, 0.2) is 0 Å². The van der Waals surface area contributed by atoms with Crippen LogP contribution in [0.15, 0.2) is 48.9 Å². The lowest BCUT2D eigenvalue weighted by Crippen LogP contribution is -2.25. The molecule has 0 fully saturated rings. The number of amides is 1. The Morgan fingerprint density at radius 2 is 2.09 bits per heavy atom. The van der Waals surface area contributed by atoms with Crippen LogP contribution in [-0.2, 0) is 13.5 Å². The van der Waals surface area contributed by atoms with Gasteiger partial charge in [-0.05, 0) is 54.3 Å². The fraction of sp³-hybridized carbons (Fsp3) is 0.250. The Hall–Kier alpha value is -3.68. The van der Waals surface area contributed by atoms with Gasteiger partial charge >= 0.3 is 0 Å². The van der Waals surface area contributed by atoms with Crippen molar-refractivity contribution in [2.45, 2.75) is 19.3 Å². The van der Waals surface area contributed by atoms with Crippen LogP contribution >= 0.6 is 0 Å². The van der Waals surface area contributed by atoms with E-state index in [-0.39, 0.29) is 11.5 Å². The second-order valence-corrected chi connectivity index (χ2v) is 8.04. The Bertz CT molecular complexity index is 1320. The van der Waals surface area contributed by atoms with Gasteiger partial charge < -0.3 is 15.2 Å². The third-order valence-corrected chi connectivity index (χ3v) is 6.07. The molecule has 4 aromatic rings. The van der Waals surface area contributed by atoms with Crippen molar-refractivity contribution in [3.63, 3.8) is 0 Å². The number of halogens is 2. The van der Waals surface area contributed by atoms with Crippen molar-refractivity contribution in [3.8, 4) is 11.1 Å². The van der Waals surface area contributed by atoms with Gasteiger partial charge in [-0.25, -0.2) is 8.78 Å². The molecule has 0 bridgehead atoms. The molecule has 2 aromatic carbocycles. The Balaban J connectivity index is 1.63. The molecule has 0 radical (unpaired) electrons. The molecule has 0 atom stereocenters. The SMILES string of the molecule is CNC(=O)c1c[nH]c2ccc(N3CCCc4cc(-c5cnn(C)c5)c(C(F)F)cc43)cc12. The summed E-state index contributed by atoms with van der Waals surface area (Å²) in [6, 6.07) is 9.32. The van der Waals surface area contributed by atoms with E-state index in [0.29, 0.717) is 23.2 Å². The number of carbonyl (C=O) groups is 1. The molecule has 1 aliphatic heterocycles. The number of hydrogen-bond donors (Lipinski definition) is 2. The Morgan fingerprint density at radius 3 is 2.81 bits per heavy atom. The van der Waals surface area contributed by atoms with Gasteiger partial charge in [0.2, 0.25) is 0 Å². The van der Waals surface area contributed by atoms with Gasteiger partial charge in [0.1, 0.15) is 0 Å². The average molecular weight is 435 g/mol. The van der Waals surface area contributed by atoms with E-state index in [1.54, 1.807) is 43.4 Å². The first-order chi connectivity index (χ1) is 15.5. The fourth-order valence-electron chi connectivity index (χ4n) is 4.51. The number of nitrogens with zero attached hydrogens (tertiary/aromatic N) is 3. The highest BCUT2D eigenvalue weighted by Crippen LogP contribution is 2.41. The fourth-order valence-corrected chi connectivity index (χ4v) is 4.51. The molecule has 0 aliphatic carbocycles. The highest BCUT2D eigenvalue weighted by molar-refractivity contribution is 6.07. The number of nitrogens with one attached hydrogen (secondary N) is 2. The van der Waals surface area contributed by atoms with Crippen LogP contribution in [0.2, 0.25) is 0 Å². The maximum Gasteiger partial charge on any atom is 0.264 e. The lowest BCUT2D eigenvalue weighted by atomic mass is 9.92. The van der Waals surface area contributed by atoms with Gasteiger partial charge in [-0.1, -0.05) is 0 Å². The summed E-state index contributed by atoms with van der Waals surface area (Å²) in [5.74, 6) is -0.173. The molecular weight excluding hydrogens is 412 g/mol. The standard InChI is InChI=1S/C24H23F2N5O/c1-27-24(32)20-12-28-21-6-5-16(9-18(20)21)31-7-3-4-14-8-17(15-11-29-30(2)13-15)19(23(25)26)10-22(14)31/h5-6,8-13,23,28H,3-4,7H2,1-2H3,(H,27,32). The number of aryl methyl sites for hydroxylation is 2. The number of carbonyl (C=O) groups excluding carboxylic acids is 1. The molecule has 0 spiro atoms. The lowest BCUT2D eigenvalue weighted by molar-refractivity contribution is 0.0964. The van der Waals surface area contributed by atoms with Crippen molar-refractivity contribution in [1.82, 2.24) is 20.1 Å². The molecule has 8 heteroatoms. The molecule has 1 amide bonds. The second kappa shape index (κ2) is 7.78. The lowest BCUT2D eigenvalue weighted by Gasteiger charge is -2.32. The number of anilines is 2. The van der Waals surface area contributed by atoms with Crippen molar-refractivity contribution in [1.29, 1.82) is 0 Å². The first kappa shape index (κ1) is 20.2. The number of aromatic nitrogens is 3. The van der Waals surface area contributed by atoms with E-state index in [2.05, 4.69) is 20.3 Å². The summed E-state index contributed by atoms with van der Waals surface area (Å²) in [6.07, 6.45) is 4.18. The Kier molecular flexibility index (Phi) is 4.92. The van der Waals surface area contributed by atoms with Gasteiger partial charge in [-0.3, -0.25) is 9.48 Å². The smallest absolute Gasteiger partial charge is 0.264 e. The third-order valence-electron chi connectivity index (χ3n) is 6.07. The van der Waals surface area contributed by atoms with Crippen LogP contribution in [0, 0.1) is 0 Å². The normalized spacial score (nSPS) is 13.6. The summed E-state index contributed by atoms with van der Waals surface area (Å²) in [5.41, 5.74) is 5.31. The molecule has 2 N–H and O–H groups in total. The third kappa shape index (κ3) is 3.32. The molecule has 0 saturated heterocycles. The molecule has 6 nitrogen and oxygen atoms in total. The van der Waals surface area contributed by atoms with Gasteiger partial charge in [-0.2, -0.15) is 5.10 Å². The molecular formula is C24H23F2N5O. The molecule has 1 aliphatic rings. The van der Waals surface area contributed by atoms with E-state index in [4.69, 9.17) is 0 Å². The summed E-state index contributed by atoms with van der Waals surface area (Å²) in [6.45, 7) is 0.715. The Morgan fingerprint density at radius 1 is 1.25 bits per heavy atom. The molecule has 164 valence electrons. The van der Waals surface area contributed by atoms with Crippen molar-refractivity contribution in [2.75, 3.05) is 18.5 Å². The minimum absolute atomic E-state index is 0.00239. The highest BCUT2D eigenvalue weighted by Gasteiger charge is 2.25. The monoisotopic (exact) mass is 435 g/mol. The zero-order chi connectivity index (χ0) is 22.4. The maximum atomic E-state index is 14.1. The first-order valence-corrected chi connectivity index (χ1v) is 10.5. The van der Waals surface area contributed by atoms with Crippen LogP contribution in [0.5, 0.6) is 0 Å². The number of aromatic amines is 1. The predicted molar refractivity (Wildman–Crippen MR) is 121 cm³/mol. The summed E-state index contributed by atoms with van der Waals surface area (Å²) in [5, 5.41) is 7.60. The van der Waals surface area contributed by atoms with E-state index in [0.717, 1.165) is 40.7 Å². The van der Waals surface area contributed by atoms with Crippen LogP contribution in [0.1, 0.15) is 34.3 Å². The quantitative estimate of drug-likeness (QED) is 0.477. The van der Waals surface area contributed by atoms with Gasteiger partial charge in [-0.15, -0.1) is 0 Å². The topological polar surface area (TPSA) is 66.0 Å². The number of alkyl halides is 2. The molecule has 32 heavy (non-hydrogen) atoms. The van der Waals surface area contributed by atoms with E-state index >= 15 is 0 Å². The highest BCUT2D eigenvalue weighted by atomic mass is 19.3. The summed E-state index contributed by atoms with van der Waals surface area (Å²) in [4.78, 5) is 17.4. The van der Waals surface area contributed by atoms with E-state index in [1.165, 1.54) is 0 Å². The maximum absolute atomic E-state index is 14.1. The van der Waals surface area contributed by atoms with Crippen molar-refractivity contribution < 1.29 is 13.6 Å². The van der Waals surface area contributed by atoms with Crippen LogP contribution in [0.4, 0.5) is 20.2 Å². The molecule has 0 saturated carbocycles. The van der Waals surface area contributed by atoms with Crippen molar-refractivity contribution in [3.05, 3.63) is 65.6 Å². The second-order valence-electron chi connectivity index (χ2n) is 8.04. The number of rotatable bonds is 4. The van der Waals surface area contributed by atoms with Crippen LogP contribution in [0.25, 0.3) is 22.0 Å². The molecule has 5 rings (SSSR count). The van der Waals surface area contributed by atoms with Gasteiger partial charge in [0, 0.05) is 66.4 Å². The van der Waals surface area contributed by atoms with Crippen LogP contribution < -0.4 is 10.2 Å². The van der Waals surface area contributed by atoms with Gasteiger partial charge in [0.25, 0.3) is 12.3 Å². The number of H-pyrrole nitrogens is 1. The zero-order valence-corrected chi connectivity index (χ0v) is 17.8.